The SMILES string of the molecule is Cc1cc(COc2ccc(CCl)cc2)n(C)n1. The highest BCUT2D eigenvalue weighted by Gasteiger charge is 2.02. The van der Waals surface area contributed by atoms with E-state index in [-0.39, 0.29) is 0 Å². The standard InChI is InChI=1S/C13H15ClN2O/c1-10-7-12(16(2)15-10)9-17-13-5-3-11(8-14)4-6-13/h3-7H,8-9H2,1-2H3. The highest BCUT2D eigenvalue weighted by atomic mass is 35.5. The molecule has 0 saturated heterocycles. The van der Waals surface area contributed by atoms with Gasteiger partial charge in [0, 0.05) is 12.9 Å². The molecule has 0 spiro atoms. The first-order chi connectivity index (χ1) is 8.19. The molecule has 1 heterocycles. The van der Waals surface area contributed by atoms with Crippen LogP contribution in [0.5, 0.6) is 5.75 Å². The van der Waals surface area contributed by atoms with E-state index in [2.05, 4.69) is 5.10 Å². The van der Waals surface area contributed by atoms with Gasteiger partial charge in [-0.25, -0.2) is 0 Å². The average Bonchev–Trinajstić information content (AvgIpc) is 2.66. The Morgan fingerprint density at radius 3 is 2.53 bits per heavy atom. The molecular formula is C13H15ClN2O. The zero-order chi connectivity index (χ0) is 12.3. The molecule has 0 aliphatic carbocycles. The van der Waals surface area contributed by atoms with Crippen LogP contribution >= 0.6 is 11.6 Å². The molecule has 0 N–H and O–H groups in total. The number of aromatic nitrogens is 2. The van der Waals surface area contributed by atoms with E-state index in [9.17, 15) is 0 Å². The fraction of sp³-hybridized carbons (Fsp3) is 0.308. The predicted molar refractivity (Wildman–Crippen MR) is 68.3 cm³/mol. The summed E-state index contributed by atoms with van der Waals surface area (Å²) in [6.45, 7) is 2.50. The summed E-state index contributed by atoms with van der Waals surface area (Å²) in [5, 5.41) is 4.27. The fourth-order valence-electron chi connectivity index (χ4n) is 1.63. The first kappa shape index (κ1) is 12.0. The lowest BCUT2D eigenvalue weighted by Gasteiger charge is -2.06. The molecule has 2 aromatic rings. The second kappa shape index (κ2) is 5.23. The third-order valence-corrected chi connectivity index (χ3v) is 2.87. The van der Waals surface area contributed by atoms with Crippen LogP contribution in [0.3, 0.4) is 0 Å². The quantitative estimate of drug-likeness (QED) is 0.780. The summed E-state index contributed by atoms with van der Waals surface area (Å²) in [6.07, 6.45) is 0. The van der Waals surface area contributed by atoms with Crippen molar-refractivity contribution < 1.29 is 4.74 Å². The maximum Gasteiger partial charge on any atom is 0.130 e. The molecule has 0 radical (unpaired) electrons. The minimum Gasteiger partial charge on any atom is -0.487 e. The predicted octanol–water partition coefficient (Wildman–Crippen LogP) is 3.05. The van der Waals surface area contributed by atoms with Gasteiger partial charge in [0.2, 0.25) is 0 Å². The van der Waals surface area contributed by atoms with Gasteiger partial charge in [-0.3, -0.25) is 4.68 Å². The molecule has 0 amide bonds. The lowest BCUT2D eigenvalue weighted by Crippen LogP contribution is -2.02. The average molecular weight is 251 g/mol. The largest absolute Gasteiger partial charge is 0.487 e. The van der Waals surface area contributed by atoms with Crippen LogP contribution in [0.1, 0.15) is 17.0 Å². The van der Waals surface area contributed by atoms with Gasteiger partial charge in [0.05, 0.1) is 11.4 Å². The summed E-state index contributed by atoms with van der Waals surface area (Å²) in [4.78, 5) is 0. The van der Waals surface area contributed by atoms with Gasteiger partial charge in [0.1, 0.15) is 12.4 Å². The molecule has 0 atom stereocenters. The number of nitrogens with zero attached hydrogens (tertiary/aromatic N) is 2. The molecule has 0 fully saturated rings. The Bertz CT molecular complexity index is 491. The van der Waals surface area contributed by atoms with Crippen molar-refractivity contribution in [1.29, 1.82) is 0 Å². The van der Waals surface area contributed by atoms with Crippen LogP contribution in [0.4, 0.5) is 0 Å². The van der Waals surface area contributed by atoms with E-state index in [0.29, 0.717) is 12.5 Å². The van der Waals surface area contributed by atoms with Crippen LogP contribution in [0.2, 0.25) is 0 Å². The lowest BCUT2D eigenvalue weighted by molar-refractivity contribution is 0.295. The minimum atomic E-state index is 0.525. The van der Waals surface area contributed by atoms with Crippen molar-refractivity contribution in [2.24, 2.45) is 7.05 Å². The maximum atomic E-state index is 5.72. The van der Waals surface area contributed by atoms with Gasteiger partial charge in [0.25, 0.3) is 0 Å². The molecule has 1 aromatic heterocycles. The van der Waals surface area contributed by atoms with Crippen LogP contribution in [-0.4, -0.2) is 9.78 Å². The Hall–Kier alpha value is -1.48. The van der Waals surface area contributed by atoms with Gasteiger partial charge >= 0.3 is 0 Å². The van der Waals surface area contributed by atoms with Crippen LogP contribution in [-0.2, 0) is 19.5 Å². The summed E-state index contributed by atoms with van der Waals surface area (Å²) >= 11 is 5.72. The van der Waals surface area contributed by atoms with Crippen molar-refractivity contribution in [3.8, 4) is 5.75 Å². The maximum absolute atomic E-state index is 5.72. The third-order valence-electron chi connectivity index (χ3n) is 2.56. The highest BCUT2D eigenvalue weighted by molar-refractivity contribution is 6.17. The zero-order valence-corrected chi connectivity index (χ0v) is 10.7. The van der Waals surface area contributed by atoms with Crippen molar-refractivity contribution in [3.05, 3.63) is 47.3 Å². The van der Waals surface area contributed by atoms with Gasteiger partial charge in [-0.2, -0.15) is 5.10 Å². The Morgan fingerprint density at radius 2 is 2.00 bits per heavy atom. The molecule has 3 nitrogen and oxygen atoms in total. The molecule has 0 aliphatic rings. The number of aryl methyl sites for hydroxylation is 2. The first-order valence-electron chi connectivity index (χ1n) is 5.46. The molecule has 17 heavy (non-hydrogen) atoms. The van der Waals surface area contributed by atoms with Crippen molar-refractivity contribution in [2.45, 2.75) is 19.4 Å². The molecule has 0 unspecified atom stereocenters. The van der Waals surface area contributed by atoms with E-state index in [1.807, 2.05) is 49.0 Å². The van der Waals surface area contributed by atoms with Gasteiger partial charge < -0.3 is 4.74 Å². The monoisotopic (exact) mass is 250 g/mol. The van der Waals surface area contributed by atoms with Crippen molar-refractivity contribution in [2.75, 3.05) is 0 Å². The van der Waals surface area contributed by atoms with Crippen molar-refractivity contribution in [3.63, 3.8) is 0 Å². The molecule has 0 aliphatic heterocycles. The smallest absolute Gasteiger partial charge is 0.130 e. The molecule has 2 rings (SSSR count). The number of rotatable bonds is 4. The number of ether oxygens (including phenoxy) is 1. The third kappa shape index (κ3) is 3.01. The Morgan fingerprint density at radius 1 is 1.29 bits per heavy atom. The molecule has 0 bridgehead atoms. The summed E-state index contributed by atoms with van der Waals surface area (Å²) < 4.78 is 7.52. The Balaban J connectivity index is 1.99. The second-order valence-electron chi connectivity index (χ2n) is 3.97. The second-order valence-corrected chi connectivity index (χ2v) is 4.23. The summed E-state index contributed by atoms with van der Waals surface area (Å²) in [7, 11) is 1.92. The lowest BCUT2D eigenvalue weighted by atomic mass is 10.2. The molecule has 0 saturated carbocycles. The molecule has 1 aromatic carbocycles. The number of hydrogen-bond donors (Lipinski definition) is 0. The van der Waals surface area contributed by atoms with Crippen LogP contribution in [0.25, 0.3) is 0 Å². The number of halogens is 1. The number of hydrogen-bond acceptors (Lipinski definition) is 2. The summed E-state index contributed by atoms with van der Waals surface area (Å²) in [5.74, 6) is 1.37. The fourth-order valence-corrected chi connectivity index (χ4v) is 1.81. The molecular weight excluding hydrogens is 236 g/mol. The minimum absolute atomic E-state index is 0.525. The first-order valence-corrected chi connectivity index (χ1v) is 5.99. The normalized spacial score (nSPS) is 10.5. The summed E-state index contributed by atoms with van der Waals surface area (Å²) in [6, 6.07) is 9.82. The van der Waals surface area contributed by atoms with E-state index in [1.165, 1.54) is 0 Å². The van der Waals surface area contributed by atoms with Gasteiger partial charge in [-0.1, -0.05) is 12.1 Å². The Kier molecular flexibility index (Phi) is 3.69. The van der Waals surface area contributed by atoms with Crippen molar-refractivity contribution >= 4 is 11.6 Å². The topological polar surface area (TPSA) is 27.1 Å². The van der Waals surface area contributed by atoms with Gasteiger partial charge in [-0.05, 0) is 30.7 Å². The van der Waals surface area contributed by atoms with Crippen LogP contribution in [0, 0.1) is 6.92 Å². The van der Waals surface area contributed by atoms with Crippen molar-refractivity contribution in [1.82, 2.24) is 9.78 Å². The van der Waals surface area contributed by atoms with E-state index in [4.69, 9.17) is 16.3 Å². The number of benzene rings is 1. The van der Waals surface area contributed by atoms with E-state index in [0.717, 1.165) is 22.7 Å². The van der Waals surface area contributed by atoms with Crippen LogP contribution in [0.15, 0.2) is 30.3 Å². The molecule has 90 valence electrons. The number of alkyl halides is 1. The van der Waals surface area contributed by atoms with E-state index < -0.39 is 0 Å². The van der Waals surface area contributed by atoms with E-state index >= 15 is 0 Å². The van der Waals surface area contributed by atoms with Gasteiger partial charge in [-0.15, -0.1) is 11.6 Å². The Labute approximate surface area is 106 Å². The zero-order valence-electron chi connectivity index (χ0n) is 9.98. The van der Waals surface area contributed by atoms with Crippen LogP contribution < -0.4 is 4.74 Å². The van der Waals surface area contributed by atoms with Gasteiger partial charge in [0.15, 0.2) is 0 Å². The summed E-state index contributed by atoms with van der Waals surface area (Å²) in [5.41, 5.74) is 3.16. The highest BCUT2D eigenvalue weighted by Crippen LogP contribution is 2.15. The molecule has 4 heteroatoms. The van der Waals surface area contributed by atoms with E-state index in [1.54, 1.807) is 0 Å².